The molecule has 0 aromatic heterocycles. The normalized spacial score (nSPS) is 18.4. The molecule has 0 aliphatic carbocycles. The van der Waals surface area contributed by atoms with Gasteiger partial charge in [-0.15, -0.1) is 0 Å². The van der Waals surface area contributed by atoms with Crippen molar-refractivity contribution in [3.63, 3.8) is 0 Å². The van der Waals surface area contributed by atoms with Crippen molar-refractivity contribution in [1.29, 1.82) is 0 Å². The van der Waals surface area contributed by atoms with E-state index >= 15 is 0 Å². The summed E-state index contributed by atoms with van der Waals surface area (Å²) in [6.45, 7) is 7.14. The van der Waals surface area contributed by atoms with Gasteiger partial charge in [-0.25, -0.2) is 0 Å². The molecule has 11 heteroatoms. The lowest BCUT2D eigenvalue weighted by atomic mass is 10.0. The predicted octanol–water partition coefficient (Wildman–Crippen LogP) is 2.76. The van der Waals surface area contributed by atoms with Crippen LogP contribution >= 0.6 is 0 Å². The summed E-state index contributed by atoms with van der Waals surface area (Å²) in [5, 5.41) is 11.3. The monoisotopic (exact) mass is 596 g/mol. The molecule has 0 saturated heterocycles. The first-order valence-electron chi connectivity index (χ1n) is 14.9. The van der Waals surface area contributed by atoms with Gasteiger partial charge in [-0.2, -0.15) is 0 Å². The van der Waals surface area contributed by atoms with E-state index in [-0.39, 0.29) is 42.7 Å². The van der Waals surface area contributed by atoms with Crippen molar-refractivity contribution in [2.75, 3.05) is 33.4 Å². The number of carbonyl (C=O) groups excluding carboxylic acids is 4. The minimum absolute atomic E-state index is 0.0506. The average Bonchev–Trinajstić information content (AvgIpc) is 2.99. The molecule has 0 radical (unpaired) electrons. The van der Waals surface area contributed by atoms with Crippen LogP contribution < -0.4 is 35.5 Å². The Balaban J connectivity index is 1.69. The van der Waals surface area contributed by atoms with E-state index in [1.165, 1.54) is 0 Å². The smallest absolute Gasteiger partial charge is 0.255 e. The maximum atomic E-state index is 13.3. The largest absolute Gasteiger partial charge is 0.493 e. The molecular formula is C32H44N4O7. The van der Waals surface area contributed by atoms with E-state index in [2.05, 4.69) is 21.3 Å². The lowest BCUT2D eigenvalue weighted by Gasteiger charge is -2.23. The lowest BCUT2D eigenvalue weighted by Crippen LogP contribution is -2.51. The van der Waals surface area contributed by atoms with Crippen molar-refractivity contribution in [2.45, 2.75) is 65.0 Å². The van der Waals surface area contributed by atoms with Crippen LogP contribution in [0, 0.1) is 5.92 Å². The van der Waals surface area contributed by atoms with Gasteiger partial charge in [0.1, 0.15) is 17.8 Å². The third-order valence-electron chi connectivity index (χ3n) is 7.03. The number of hydrogen-bond acceptors (Lipinski definition) is 7. The third-order valence-corrected chi connectivity index (χ3v) is 7.03. The van der Waals surface area contributed by atoms with Crippen LogP contribution in [0.2, 0.25) is 0 Å². The van der Waals surface area contributed by atoms with Gasteiger partial charge in [0, 0.05) is 19.5 Å². The molecule has 2 aromatic carbocycles. The second-order valence-electron chi connectivity index (χ2n) is 10.7. The van der Waals surface area contributed by atoms with E-state index in [1.54, 1.807) is 31.4 Å². The van der Waals surface area contributed by atoms with Gasteiger partial charge < -0.3 is 35.5 Å². The molecule has 4 N–H and O–H groups in total. The number of nitrogens with one attached hydrogen (secondary N) is 4. The molecule has 1 aliphatic heterocycles. The summed E-state index contributed by atoms with van der Waals surface area (Å²) >= 11 is 0. The summed E-state index contributed by atoms with van der Waals surface area (Å²) in [5.41, 5.74) is 1.31. The zero-order valence-electron chi connectivity index (χ0n) is 25.5. The van der Waals surface area contributed by atoms with Crippen LogP contribution in [0.4, 0.5) is 0 Å². The van der Waals surface area contributed by atoms with Crippen LogP contribution in [0.3, 0.4) is 0 Å². The first-order valence-corrected chi connectivity index (χ1v) is 14.9. The number of benzene rings is 2. The number of amides is 4. The Morgan fingerprint density at radius 2 is 1.88 bits per heavy atom. The third kappa shape index (κ3) is 10.2. The van der Waals surface area contributed by atoms with Crippen LogP contribution in [0.5, 0.6) is 17.2 Å². The fourth-order valence-corrected chi connectivity index (χ4v) is 4.69. The first kappa shape index (κ1) is 33.2. The highest BCUT2D eigenvalue weighted by atomic mass is 16.5. The van der Waals surface area contributed by atoms with Gasteiger partial charge in [0.25, 0.3) is 5.91 Å². The Hall–Kier alpha value is -4.28. The Kier molecular flexibility index (Phi) is 13.1. The summed E-state index contributed by atoms with van der Waals surface area (Å²) in [4.78, 5) is 52.1. The first-order chi connectivity index (χ1) is 20.7. The molecule has 0 saturated carbocycles. The van der Waals surface area contributed by atoms with Gasteiger partial charge in [-0.3, -0.25) is 19.2 Å². The second kappa shape index (κ2) is 17.0. The highest BCUT2D eigenvalue weighted by Crippen LogP contribution is 2.28. The number of methoxy groups -OCH3 is 1. The molecule has 0 spiro atoms. The molecule has 11 nitrogen and oxygen atoms in total. The fourth-order valence-electron chi connectivity index (χ4n) is 4.69. The molecule has 3 rings (SSSR count). The summed E-state index contributed by atoms with van der Waals surface area (Å²) < 4.78 is 16.8. The molecule has 0 unspecified atom stereocenters. The number of fused-ring (bicyclic) bond motifs is 1. The summed E-state index contributed by atoms with van der Waals surface area (Å²) in [7, 11) is 1.59. The Morgan fingerprint density at radius 3 is 2.63 bits per heavy atom. The Morgan fingerprint density at radius 1 is 1.09 bits per heavy atom. The number of hydrogen-bond donors (Lipinski definition) is 4. The topological polar surface area (TPSA) is 144 Å². The van der Waals surface area contributed by atoms with Crippen molar-refractivity contribution in [1.82, 2.24) is 21.3 Å². The summed E-state index contributed by atoms with van der Waals surface area (Å²) in [6.07, 6.45) is 1.83. The zero-order chi connectivity index (χ0) is 31.2. The Labute approximate surface area is 253 Å². The van der Waals surface area contributed by atoms with E-state index in [0.29, 0.717) is 56.2 Å². The molecule has 43 heavy (non-hydrogen) atoms. The summed E-state index contributed by atoms with van der Waals surface area (Å²) in [6, 6.07) is 10.8. The number of para-hydroxylation sites is 1. The summed E-state index contributed by atoms with van der Waals surface area (Å²) in [5.74, 6) is 0.0400. The van der Waals surface area contributed by atoms with Crippen molar-refractivity contribution < 1.29 is 33.4 Å². The van der Waals surface area contributed by atoms with Crippen LogP contribution in [-0.2, 0) is 20.8 Å². The minimum atomic E-state index is -0.976. The highest BCUT2D eigenvalue weighted by Gasteiger charge is 2.27. The van der Waals surface area contributed by atoms with E-state index in [1.807, 2.05) is 39.0 Å². The minimum Gasteiger partial charge on any atom is -0.493 e. The maximum Gasteiger partial charge on any atom is 0.255 e. The zero-order valence-corrected chi connectivity index (χ0v) is 25.5. The maximum absolute atomic E-state index is 13.3. The molecule has 0 bridgehead atoms. The molecule has 1 heterocycles. The van der Waals surface area contributed by atoms with Crippen LogP contribution in [0.15, 0.2) is 42.5 Å². The molecule has 1 aliphatic rings. The van der Waals surface area contributed by atoms with Gasteiger partial charge in [0.05, 0.1) is 25.9 Å². The van der Waals surface area contributed by atoms with Crippen LogP contribution in [0.1, 0.15) is 62.4 Å². The van der Waals surface area contributed by atoms with Crippen LogP contribution in [-0.4, -0.2) is 69.1 Å². The predicted molar refractivity (Wildman–Crippen MR) is 162 cm³/mol. The number of rotatable bonds is 9. The Bertz CT molecular complexity index is 1250. The van der Waals surface area contributed by atoms with Gasteiger partial charge in [0.2, 0.25) is 17.7 Å². The molecular weight excluding hydrogens is 552 g/mol. The molecule has 234 valence electrons. The fraction of sp³-hybridized carbons (Fsp3) is 0.500. The van der Waals surface area contributed by atoms with E-state index < -0.39 is 23.9 Å². The number of aryl methyl sites for hydroxylation is 1. The lowest BCUT2D eigenvalue weighted by molar-refractivity contribution is -0.130. The second-order valence-corrected chi connectivity index (χ2v) is 10.7. The molecule has 0 fully saturated rings. The van der Waals surface area contributed by atoms with E-state index in [9.17, 15) is 19.2 Å². The van der Waals surface area contributed by atoms with Crippen molar-refractivity contribution in [2.24, 2.45) is 5.92 Å². The van der Waals surface area contributed by atoms with E-state index in [4.69, 9.17) is 14.2 Å². The standard InChI is InChI=1S/C32H44N4O7/c1-5-42-26-15-13-22(20-27(26)41-4)10-8-17-33-31(39)24-14-16-28(37)36-29(21(2)3)32(40)34-18-9-19-43-25-12-7-6-11-23(25)30(38)35-24/h6-7,11-13,15,20-21,24,29H,5,8-10,14,16-19H2,1-4H3,(H,33,39)(H,34,40)(H,35,38)(H,36,37)/t24-,29+/m0/s1. The quantitative estimate of drug-likeness (QED) is 0.326. The van der Waals surface area contributed by atoms with Gasteiger partial charge >= 0.3 is 0 Å². The molecule has 4 amide bonds. The number of ether oxygens (including phenoxy) is 3. The van der Waals surface area contributed by atoms with Crippen molar-refractivity contribution >= 4 is 23.6 Å². The average molecular weight is 597 g/mol. The highest BCUT2D eigenvalue weighted by molar-refractivity contribution is 5.99. The van der Waals surface area contributed by atoms with Crippen molar-refractivity contribution in [3.8, 4) is 17.2 Å². The number of carbonyl (C=O) groups is 4. The molecule has 2 aromatic rings. The van der Waals surface area contributed by atoms with E-state index in [0.717, 1.165) is 5.56 Å². The van der Waals surface area contributed by atoms with Gasteiger partial charge in [-0.05, 0) is 68.4 Å². The SMILES string of the molecule is CCOc1ccc(CCCNC(=O)[C@@H]2CCC(=O)N[C@H](C(C)C)C(=O)NCCCOc3ccccc3C(=O)N2)cc1OC. The molecule has 2 atom stereocenters. The van der Waals surface area contributed by atoms with Crippen LogP contribution in [0.25, 0.3) is 0 Å². The van der Waals surface area contributed by atoms with Crippen molar-refractivity contribution in [3.05, 3.63) is 53.6 Å². The van der Waals surface area contributed by atoms with Gasteiger partial charge in [0.15, 0.2) is 11.5 Å². The van der Waals surface area contributed by atoms with Gasteiger partial charge in [-0.1, -0.05) is 32.0 Å².